The van der Waals surface area contributed by atoms with Crippen molar-refractivity contribution in [1.82, 2.24) is 0 Å². The van der Waals surface area contributed by atoms with E-state index in [0.717, 1.165) is 4.88 Å². The van der Waals surface area contributed by atoms with Crippen molar-refractivity contribution in [3.63, 3.8) is 0 Å². The topological polar surface area (TPSA) is 43.1 Å². The quantitative estimate of drug-likeness (QED) is 0.801. The molecular weight excluding hydrogens is 226 g/mol. The fourth-order valence-electron chi connectivity index (χ4n) is 1.56. The minimum atomic E-state index is -0.400. The monoisotopic (exact) mass is 237 g/mol. The van der Waals surface area contributed by atoms with Crippen LogP contribution in [-0.4, -0.2) is 5.91 Å². The van der Waals surface area contributed by atoms with Crippen LogP contribution in [0.25, 0.3) is 15.5 Å². The number of rotatable bonds is 2. The van der Waals surface area contributed by atoms with Crippen LogP contribution in [0.3, 0.4) is 0 Å². The molecule has 0 saturated carbocycles. The number of carbonyl (C=O) groups excluding carboxylic acids is 1. The molecule has 2 N–H and O–H groups in total. The maximum absolute atomic E-state index is 10.6. The maximum Gasteiger partial charge on any atom is 0.241 e. The number of hydrogen-bond donors (Lipinski definition) is 1. The van der Waals surface area contributed by atoms with Gasteiger partial charge in [-0.2, -0.15) is 0 Å². The highest BCUT2D eigenvalue weighted by atomic mass is 32.2. The highest BCUT2D eigenvalue weighted by Crippen LogP contribution is 2.37. The van der Waals surface area contributed by atoms with E-state index in [1.165, 1.54) is 26.6 Å². The van der Waals surface area contributed by atoms with Gasteiger partial charge in [0.2, 0.25) is 5.91 Å². The van der Waals surface area contributed by atoms with Gasteiger partial charge in [0, 0.05) is 16.3 Å². The first-order valence-electron chi connectivity index (χ1n) is 4.54. The molecule has 0 fully saturated rings. The molecule has 2 aromatic rings. The summed E-state index contributed by atoms with van der Waals surface area (Å²) >= 11 is 3.46. The lowest BCUT2D eigenvalue weighted by atomic mass is 10.1. The Balaban J connectivity index is 2.54. The third-order valence-electron chi connectivity index (χ3n) is 2.29. The third-order valence-corrected chi connectivity index (χ3v) is 4.77. The number of primary amides is 1. The van der Waals surface area contributed by atoms with E-state index in [0.29, 0.717) is 0 Å². The second-order valence-corrected chi connectivity index (χ2v) is 5.60. The summed E-state index contributed by atoms with van der Waals surface area (Å²) in [6.45, 7) is 4.19. The molecule has 78 valence electrons. The van der Waals surface area contributed by atoms with E-state index in [1.54, 1.807) is 28.7 Å². The molecule has 0 aliphatic heterocycles. The minimum Gasteiger partial charge on any atom is -0.366 e. The van der Waals surface area contributed by atoms with Crippen LogP contribution in [-0.2, 0) is 4.79 Å². The number of fused-ring (bicyclic) bond motifs is 1. The zero-order valence-electron chi connectivity index (χ0n) is 8.53. The van der Waals surface area contributed by atoms with Gasteiger partial charge in [0.25, 0.3) is 0 Å². The average molecular weight is 237 g/mol. The van der Waals surface area contributed by atoms with E-state index in [4.69, 9.17) is 5.73 Å². The van der Waals surface area contributed by atoms with E-state index >= 15 is 0 Å². The lowest BCUT2D eigenvalue weighted by Gasteiger charge is -1.91. The van der Waals surface area contributed by atoms with Gasteiger partial charge in [-0.3, -0.25) is 4.79 Å². The predicted octanol–water partition coefficient (Wildman–Crippen LogP) is 3.08. The van der Waals surface area contributed by atoms with Gasteiger partial charge in [-0.05, 0) is 36.4 Å². The van der Waals surface area contributed by atoms with Crippen molar-refractivity contribution in [2.24, 2.45) is 5.73 Å². The zero-order chi connectivity index (χ0) is 11.0. The van der Waals surface area contributed by atoms with Gasteiger partial charge in [-0.1, -0.05) is 0 Å². The molecule has 0 atom stereocenters. The molecule has 0 bridgehead atoms. The molecule has 0 aliphatic rings. The lowest BCUT2D eigenvalue weighted by Crippen LogP contribution is -2.04. The van der Waals surface area contributed by atoms with Crippen molar-refractivity contribution in [3.8, 4) is 0 Å². The van der Waals surface area contributed by atoms with Crippen molar-refractivity contribution in [3.05, 3.63) is 27.5 Å². The van der Waals surface area contributed by atoms with Crippen LogP contribution in [0.4, 0.5) is 0 Å². The second kappa shape index (κ2) is 3.79. The van der Waals surface area contributed by atoms with Crippen molar-refractivity contribution >= 4 is 44.1 Å². The third kappa shape index (κ3) is 1.82. The Bertz CT molecular complexity index is 548. The molecular formula is C11H11NOS2. The number of amides is 1. The normalized spacial score (nSPS) is 11.6. The van der Waals surface area contributed by atoms with E-state index in [2.05, 4.69) is 19.2 Å². The fourth-order valence-corrected chi connectivity index (χ4v) is 4.01. The molecule has 2 rings (SSSR count). The Kier molecular flexibility index (Phi) is 2.63. The SMILES string of the molecule is Cc1csc2sc(C=CC(N)=O)c(C)c12. The summed E-state index contributed by atoms with van der Waals surface area (Å²) < 4.78 is 1.31. The molecule has 0 saturated heterocycles. The van der Waals surface area contributed by atoms with Crippen LogP contribution >= 0.6 is 22.7 Å². The van der Waals surface area contributed by atoms with Crippen molar-refractivity contribution in [1.29, 1.82) is 0 Å². The average Bonchev–Trinajstić information content (AvgIpc) is 2.66. The summed E-state index contributed by atoms with van der Waals surface area (Å²) in [4.78, 5) is 11.8. The predicted molar refractivity (Wildman–Crippen MR) is 67.4 cm³/mol. The van der Waals surface area contributed by atoms with Gasteiger partial charge in [0.05, 0.1) is 4.01 Å². The van der Waals surface area contributed by atoms with E-state index in [-0.39, 0.29) is 0 Å². The molecule has 0 aromatic carbocycles. The Hall–Kier alpha value is -1.13. The molecule has 0 aliphatic carbocycles. The van der Waals surface area contributed by atoms with E-state index in [9.17, 15) is 4.79 Å². The maximum atomic E-state index is 10.6. The molecule has 0 unspecified atom stereocenters. The van der Waals surface area contributed by atoms with Crippen LogP contribution in [0.1, 0.15) is 16.0 Å². The summed E-state index contributed by atoms with van der Waals surface area (Å²) in [6.07, 6.45) is 3.21. The number of aryl methyl sites for hydroxylation is 2. The molecule has 0 spiro atoms. The Labute approximate surface area is 96.0 Å². The molecule has 2 heterocycles. The highest BCUT2D eigenvalue weighted by molar-refractivity contribution is 7.38. The molecule has 1 amide bonds. The van der Waals surface area contributed by atoms with Gasteiger partial charge in [-0.15, -0.1) is 22.7 Å². The first-order valence-corrected chi connectivity index (χ1v) is 6.24. The highest BCUT2D eigenvalue weighted by Gasteiger charge is 2.09. The Morgan fingerprint density at radius 3 is 2.80 bits per heavy atom. The van der Waals surface area contributed by atoms with Crippen molar-refractivity contribution < 1.29 is 4.79 Å². The van der Waals surface area contributed by atoms with Gasteiger partial charge in [0.15, 0.2) is 0 Å². The summed E-state index contributed by atoms with van der Waals surface area (Å²) in [7, 11) is 0. The van der Waals surface area contributed by atoms with Gasteiger partial charge in [0.1, 0.15) is 0 Å². The van der Waals surface area contributed by atoms with Gasteiger partial charge in [-0.25, -0.2) is 0 Å². The van der Waals surface area contributed by atoms with E-state index < -0.39 is 5.91 Å². The summed E-state index contributed by atoms with van der Waals surface area (Å²) in [5.41, 5.74) is 7.62. The van der Waals surface area contributed by atoms with Crippen LogP contribution in [0.5, 0.6) is 0 Å². The summed E-state index contributed by atoms with van der Waals surface area (Å²) in [6, 6.07) is 0. The number of carbonyl (C=O) groups is 1. The largest absolute Gasteiger partial charge is 0.366 e. The van der Waals surface area contributed by atoms with Crippen molar-refractivity contribution in [2.75, 3.05) is 0 Å². The Morgan fingerprint density at radius 2 is 2.20 bits per heavy atom. The van der Waals surface area contributed by atoms with E-state index in [1.807, 2.05) is 0 Å². The van der Waals surface area contributed by atoms with Gasteiger partial charge < -0.3 is 5.73 Å². The molecule has 4 heteroatoms. The van der Waals surface area contributed by atoms with Crippen LogP contribution in [0.15, 0.2) is 11.5 Å². The smallest absolute Gasteiger partial charge is 0.241 e. The zero-order valence-corrected chi connectivity index (χ0v) is 10.2. The molecule has 15 heavy (non-hydrogen) atoms. The summed E-state index contributed by atoms with van der Waals surface area (Å²) in [5.74, 6) is -0.400. The first-order chi connectivity index (χ1) is 7.09. The Morgan fingerprint density at radius 1 is 1.47 bits per heavy atom. The second-order valence-electron chi connectivity index (χ2n) is 3.41. The van der Waals surface area contributed by atoms with Crippen LogP contribution in [0.2, 0.25) is 0 Å². The van der Waals surface area contributed by atoms with Crippen LogP contribution < -0.4 is 5.73 Å². The lowest BCUT2D eigenvalue weighted by molar-refractivity contribution is -0.113. The molecule has 2 nitrogen and oxygen atoms in total. The fraction of sp³-hybridized carbons (Fsp3) is 0.182. The van der Waals surface area contributed by atoms with Crippen molar-refractivity contribution in [2.45, 2.75) is 13.8 Å². The number of hydrogen-bond acceptors (Lipinski definition) is 3. The number of thiophene rings is 2. The molecule has 2 aromatic heterocycles. The summed E-state index contributed by atoms with van der Waals surface area (Å²) in [5, 5.41) is 3.49. The van der Waals surface area contributed by atoms with Gasteiger partial charge >= 0.3 is 0 Å². The minimum absolute atomic E-state index is 0.400. The first kappa shape index (κ1) is 10.4. The molecule has 0 radical (unpaired) electrons. The standard InChI is InChI=1S/C11H11NOS2/c1-6-5-14-11-10(6)7(2)8(15-11)3-4-9(12)13/h3-5H,1-2H3,(H2,12,13). The van der Waals surface area contributed by atoms with Crippen LogP contribution in [0, 0.1) is 13.8 Å². The number of nitrogens with two attached hydrogens (primary N) is 1.